The van der Waals surface area contributed by atoms with Gasteiger partial charge in [0.05, 0.1) is 10.3 Å². The molecule has 0 aliphatic carbocycles. The summed E-state index contributed by atoms with van der Waals surface area (Å²) in [5, 5.41) is 4.96. The molecule has 0 fully saturated rings. The fraction of sp³-hybridized carbons (Fsp3) is 0.286. The summed E-state index contributed by atoms with van der Waals surface area (Å²) < 4.78 is 37.3. The van der Waals surface area contributed by atoms with Gasteiger partial charge in [-0.3, -0.25) is 4.79 Å². The van der Waals surface area contributed by atoms with E-state index in [1.54, 1.807) is 31.2 Å². The molecule has 0 N–H and O–H groups in total. The zero-order chi connectivity index (χ0) is 22.6. The maximum Gasteiger partial charge on any atom is 0.359 e. The molecule has 1 heterocycles. The molecule has 10 heteroatoms. The van der Waals surface area contributed by atoms with Crippen LogP contribution in [0.2, 0.25) is 0 Å². The van der Waals surface area contributed by atoms with Gasteiger partial charge >= 0.3 is 5.97 Å². The Labute approximate surface area is 179 Å². The number of carbonyl (C=O) groups is 1. The molecule has 0 atom stereocenters. The smallest absolute Gasteiger partial charge is 0.359 e. The predicted molar refractivity (Wildman–Crippen MR) is 115 cm³/mol. The van der Waals surface area contributed by atoms with Crippen LogP contribution in [0.5, 0.6) is 5.75 Å². The summed E-state index contributed by atoms with van der Waals surface area (Å²) in [4.78, 5) is 25.1. The van der Waals surface area contributed by atoms with Crippen molar-refractivity contribution in [1.82, 2.24) is 14.1 Å². The van der Waals surface area contributed by atoms with Gasteiger partial charge < -0.3 is 9.47 Å². The summed E-state index contributed by atoms with van der Waals surface area (Å²) in [5.74, 6) is -0.216. The zero-order valence-electron chi connectivity index (χ0n) is 17.4. The summed E-state index contributed by atoms with van der Waals surface area (Å²) >= 11 is 0. The van der Waals surface area contributed by atoms with E-state index in [0.717, 1.165) is 4.31 Å². The highest BCUT2D eigenvalue weighted by molar-refractivity contribution is 7.89. The van der Waals surface area contributed by atoms with E-state index in [4.69, 9.17) is 9.47 Å². The molecule has 3 aromatic rings. The van der Waals surface area contributed by atoms with Crippen LogP contribution in [-0.4, -0.2) is 55.8 Å². The lowest BCUT2D eigenvalue weighted by molar-refractivity contribution is 0.0443. The van der Waals surface area contributed by atoms with Gasteiger partial charge in [-0.15, -0.1) is 0 Å². The van der Waals surface area contributed by atoms with Crippen molar-refractivity contribution in [3.05, 3.63) is 64.6 Å². The summed E-state index contributed by atoms with van der Waals surface area (Å²) in [6.45, 7) is 2.11. The van der Waals surface area contributed by atoms with Crippen molar-refractivity contribution < 1.29 is 22.7 Å². The number of esters is 1. The Kier molecular flexibility index (Phi) is 6.71. The molecule has 164 valence electrons. The third-order valence-corrected chi connectivity index (χ3v) is 6.38. The summed E-state index contributed by atoms with van der Waals surface area (Å²) in [6, 6.07) is 12.7. The predicted octanol–water partition coefficient (Wildman–Crippen LogP) is 1.90. The van der Waals surface area contributed by atoms with Gasteiger partial charge in [-0.2, -0.15) is 5.10 Å². The van der Waals surface area contributed by atoms with Crippen molar-refractivity contribution in [2.24, 2.45) is 0 Å². The van der Waals surface area contributed by atoms with E-state index >= 15 is 0 Å². The van der Waals surface area contributed by atoms with E-state index in [0.29, 0.717) is 23.1 Å². The Bertz CT molecular complexity index is 1250. The molecular weight excluding hydrogens is 422 g/mol. The normalized spacial score (nSPS) is 11.6. The minimum atomic E-state index is -3.51. The van der Waals surface area contributed by atoms with Crippen molar-refractivity contribution in [2.45, 2.75) is 18.4 Å². The second-order valence-electron chi connectivity index (χ2n) is 6.76. The van der Waals surface area contributed by atoms with Gasteiger partial charge in [0.15, 0.2) is 5.69 Å². The molecular formula is C21H23N3O6S. The van der Waals surface area contributed by atoms with Gasteiger partial charge in [0.2, 0.25) is 10.0 Å². The quantitative estimate of drug-likeness (QED) is 0.385. The number of carbonyl (C=O) groups excluding carboxylic acids is 1. The number of sulfonamides is 1. The van der Waals surface area contributed by atoms with E-state index in [1.807, 2.05) is 0 Å². The summed E-state index contributed by atoms with van der Waals surface area (Å²) in [5.41, 5.74) is -0.201. The lowest BCUT2D eigenvalue weighted by Gasteiger charge is -2.12. The number of rotatable bonds is 8. The van der Waals surface area contributed by atoms with Gasteiger partial charge in [-0.05, 0) is 37.3 Å². The molecule has 1 aromatic heterocycles. The fourth-order valence-electron chi connectivity index (χ4n) is 2.88. The van der Waals surface area contributed by atoms with E-state index in [2.05, 4.69) is 5.10 Å². The first-order chi connectivity index (χ1) is 14.8. The van der Waals surface area contributed by atoms with Crippen LogP contribution in [0.3, 0.4) is 0 Å². The molecule has 2 aromatic carbocycles. The molecule has 31 heavy (non-hydrogen) atoms. The second kappa shape index (κ2) is 9.27. The number of aryl methyl sites for hydroxylation is 1. The minimum absolute atomic E-state index is 0.0438. The SMILES string of the molecule is CCn1nc(C(=O)OCCOc2ccc(S(=O)(=O)N(C)C)cc2)c2ccccc2c1=O. The monoisotopic (exact) mass is 445 g/mol. The topological polar surface area (TPSA) is 108 Å². The van der Waals surface area contributed by atoms with Gasteiger partial charge in [-0.1, -0.05) is 18.2 Å². The number of ether oxygens (including phenoxy) is 2. The molecule has 0 amide bonds. The highest BCUT2D eigenvalue weighted by Gasteiger charge is 2.18. The lowest BCUT2D eigenvalue weighted by Crippen LogP contribution is -2.26. The highest BCUT2D eigenvalue weighted by Crippen LogP contribution is 2.18. The molecule has 3 rings (SSSR count). The molecule has 0 radical (unpaired) electrons. The van der Waals surface area contributed by atoms with Crippen molar-refractivity contribution in [1.29, 1.82) is 0 Å². The highest BCUT2D eigenvalue weighted by atomic mass is 32.2. The van der Waals surface area contributed by atoms with Crippen molar-refractivity contribution in [3.63, 3.8) is 0 Å². The molecule has 0 spiro atoms. The molecule has 0 aliphatic heterocycles. The van der Waals surface area contributed by atoms with Crippen LogP contribution in [0.15, 0.2) is 58.2 Å². The van der Waals surface area contributed by atoms with Crippen LogP contribution in [0.25, 0.3) is 10.8 Å². The molecule has 0 aliphatic rings. The first kappa shape index (κ1) is 22.4. The Morgan fingerprint density at radius 2 is 1.68 bits per heavy atom. The van der Waals surface area contributed by atoms with Crippen LogP contribution >= 0.6 is 0 Å². The Hall–Kier alpha value is -3.24. The Morgan fingerprint density at radius 3 is 2.29 bits per heavy atom. The third kappa shape index (κ3) is 4.75. The van der Waals surface area contributed by atoms with Crippen molar-refractivity contribution in [2.75, 3.05) is 27.3 Å². The van der Waals surface area contributed by atoms with Crippen molar-refractivity contribution >= 4 is 26.8 Å². The van der Waals surface area contributed by atoms with Crippen LogP contribution in [0, 0.1) is 0 Å². The molecule has 0 saturated heterocycles. The molecule has 0 bridgehead atoms. The van der Waals surface area contributed by atoms with Gasteiger partial charge in [0.25, 0.3) is 5.56 Å². The Balaban J connectivity index is 1.64. The molecule has 0 saturated carbocycles. The largest absolute Gasteiger partial charge is 0.490 e. The number of aromatic nitrogens is 2. The van der Waals surface area contributed by atoms with Crippen molar-refractivity contribution in [3.8, 4) is 5.75 Å². The lowest BCUT2D eigenvalue weighted by atomic mass is 10.1. The maximum absolute atomic E-state index is 12.5. The number of fused-ring (bicyclic) bond motifs is 1. The van der Waals surface area contributed by atoms with Crippen LogP contribution < -0.4 is 10.3 Å². The standard InChI is InChI=1S/C21H23N3O6S/c1-4-24-20(25)18-8-6-5-7-17(18)19(22-24)21(26)30-14-13-29-15-9-11-16(12-10-15)31(27,28)23(2)3/h5-12H,4,13-14H2,1-3H3. The first-order valence-corrected chi connectivity index (χ1v) is 11.0. The van der Waals surface area contributed by atoms with Crippen LogP contribution in [0.4, 0.5) is 0 Å². The van der Waals surface area contributed by atoms with Gasteiger partial charge in [0, 0.05) is 26.0 Å². The molecule has 0 unspecified atom stereocenters. The average Bonchev–Trinajstić information content (AvgIpc) is 2.77. The van der Waals surface area contributed by atoms with E-state index in [-0.39, 0.29) is 29.4 Å². The van der Waals surface area contributed by atoms with Crippen LogP contribution in [0.1, 0.15) is 17.4 Å². The fourth-order valence-corrected chi connectivity index (χ4v) is 3.78. The summed E-state index contributed by atoms with van der Waals surface area (Å²) in [7, 11) is -0.596. The number of benzene rings is 2. The van der Waals surface area contributed by atoms with Crippen LogP contribution in [-0.2, 0) is 21.3 Å². The third-order valence-electron chi connectivity index (χ3n) is 4.55. The van der Waals surface area contributed by atoms with Gasteiger partial charge in [0.1, 0.15) is 19.0 Å². The van der Waals surface area contributed by atoms with E-state index in [1.165, 1.54) is 43.0 Å². The number of hydrogen-bond acceptors (Lipinski definition) is 7. The number of hydrogen-bond donors (Lipinski definition) is 0. The van der Waals surface area contributed by atoms with Gasteiger partial charge in [-0.25, -0.2) is 22.2 Å². The summed E-state index contributed by atoms with van der Waals surface area (Å²) in [6.07, 6.45) is 0. The Morgan fingerprint density at radius 1 is 1.03 bits per heavy atom. The second-order valence-corrected chi connectivity index (χ2v) is 8.91. The first-order valence-electron chi connectivity index (χ1n) is 9.58. The van der Waals surface area contributed by atoms with E-state index < -0.39 is 16.0 Å². The maximum atomic E-state index is 12.5. The average molecular weight is 445 g/mol. The number of nitrogens with zero attached hydrogens (tertiary/aromatic N) is 3. The van der Waals surface area contributed by atoms with E-state index in [9.17, 15) is 18.0 Å². The zero-order valence-corrected chi connectivity index (χ0v) is 18.3. The molecule has 9 nitrogen and oxygen atoms in total. The minimum Gasteiger partial charge on any atom is -0.490 e.